The Morgan fingerprint density at radius 1 is 0.880 bits per heavy atom. The molecule has 0 aliphatic carbocycles. The van der Waals surface area contributed by atoms with Crippen LogP contribution in [0.3, 0.4) is 0 Å². The summed E-state index contributed by atoms with van der Waals surface area (Å²) in [5, 5.41) is 3.89. The summed E-state index contributed by atoms with van der Waals surface area (Å²) in [5.41, 5.74) is 0.735. The van der Waals surface area contributed by atoms with Gasteiger partial charge in [-0.3, -0.25) is 4.89 Å². The first-order chi connectivity index (χ1) is 12.1. The summed E-state index contributed by atoms with van der Waals surface area (Å²) in [6.07, 6.45) is 6.53. The van der Waals surface area contributed by atoms with Crippen molar-refractivity contribution in [2.24, 2.45) is 0 Å². The van der Waals surface area contributed by atoms with E-state index in [1.165, 1.54) is 6.26 Å². The van der Waals surface area contributed by atoms with Crippen LogP contribution in [-0.4, -0.2) is 4.89 Å². The Bertz CT molecular complexity index is 1150. The van der Waals surface area contributed by atoms with Gasteiger partial charge in [0.25, 0.3) is 0 Å². The maximum absolute atomic E-state index is 12.2. The zero-order chi connectivity index (χ0) is 17.3. The van der Waals surface area contributed by atoms with Crippen molar-refractivity contribution in [3.05, 3.63) is 89.0 Å². The Kier molecular flexibility index (Phi) is 3.92. The van der Waals surface area contributed by atoms with Crippen LogP contribution >= 0.6 is 7.82 Å². The van der Waals surface area contributed by atoms with Crippen LogP contribution in [0.25, 0.3) is 22.9 Å². The summed E-state index contributed by atoms with van der Waals surface area (Å²) in [6.45, 7) is 0. The van der Waals surface area contributed by atoms with Crippen molar-refractivity contribution in [1.29, 1.82) is 0 Å². The summed E-state index contributed by atoms with van der Waals surface area (Å²) in [4.78, 5) is 9.96. The first-order valence-corrected chi connectivity index (χ1v) is 9.28. The highest BCUT2D eigenvalue weighted by Crippen LogP contribution is 2.46. The second-order valence-electron chi connectivity index (χ2n) is 5.63. The Labute approximate surface area is 144 Å². The van der Waals surface area contributed by atoms with Crippen molar-refractivity contribution in [3.8, 4) is 5.75 Å². The Morgan fingerprint density at radius 3 is 2.52 bits per heavy atom. The van der Waals surface area contributed by atoms with Crippen molar-refractivity contribution in [3.63, 3.8) is 0 Å². The van der Waals surface area contributed by atoms with E-state index in [2.05, 4.69) is 0 Å². The summed E-state index contributed by atoms with van der Waals surface area (Å²) in [5.74, 6) is 0.301. The van der Waals surface area contributed by atoms with E-state index in [1.807, 2.05) is 66.7 Å². The zero-order valence-corrected chi connectivity index (χ0v) is 14.1. The van der Waals surface area contributed by atoms with Crippen LogP contribution in [0.5, 0.6) is 5.75 Å². The molecule has 25 heavy (non-hydrogen) atoms. The van der Waals surface area contributed by atoms with Crippen LogP contribution < -0.4 is 15.0 Å². The van der Waals surface area contributed by atoms with Gasteiger partial charge in [-0.2, -0.15) is 0 Å². The van der Waals surface area contributed by atoms with Crippen LogP contribution in [0.15, 0.2) is 73.0 Å². The van der Waals surface area contributed by atoms with Crippen molar-refractivity contribution >= 4 is 30.7 Å². The highest BCUT2D eigenvalue weighted by molar-refractivity contribution is 7.47. The molecule has 4 nitrogen and oxygen atoms in total. The lowest BCUT2D eigenvalue weighted by Gasteiger charge is -2.14. The Hall–Kier alpha value is -2.81. The van der Waals surface area contributed by atoms with E-state index in [-0.39, 0.29) is 0 Å². The fourth-order valence-corrected chi connectivity index (χ4v) is 3.53. The van der Waals surface area contributed by atoms with Crippen LogP contribution in [-0.2, 0) is 9.09 Å². The average molecular weight is 350 g/mol. The number of hydrogen-bond donors (Lipinski definition) is 1. The Balaban J connectivity index is 2.12. The summed E-state index contributed by atoms with van der Waals surface area (Å²) in [7, 11) is -4.26. The SMILES string of the molecule is O=P1(O)O/C=C/C=c2/cccc/c2=C\c2c(ccc3ccccc23)O1. The predicted octanol–water partition coefficient (Wildman–Crippen LogP) is 3.47. The Morgan fingerprint density at radius 2 is 1.64 bits per heavy atom. The highest BCUT2D eigenvalue weighted by Gasteiger charge is 2.24. The zero-order valence-electron chi connectivity index (χ0n) is 13.2. The third-order valence-electron chi connectivity index (χ3n) is 3.99. The lowest BCUT2D eigenvalue weighted by molar-refractivity contribution is 0.266. The van der Waals surface area contributed by atoms with Gasteiger partial charge in [0.2, 0.25) is 0 Å². The van der Waals surface area contributed by atoms with E-state index < -0.39 is 7.82 Å². The van der Waals surface area contributed by atoms with E-state index >= 15 is 0 Å². The molecular formula is C20H15O4P. The van der Waals surface area contributed by atoms with Gasteiger partial charge in [-0.25, -0.2) is 4.57 Å². The van der Waals surface area contributed by atoms with Crippen LogP contribution in [0.1, 0.15) is 5.56 Å². The summed E-state index contributed by atoms with van der Waals surface area (Å²) >= 11 is 0. The highest BCUT2D eigenvalue weighted by atomic mass is 31.2. The van der Waals surface area contributed by atoms with Crippen molar-refractivity contribution in [2.45, 2.75) is 0 Å². The quantitative estimate of drug-likeness (QED) is 0.631. The molecule has 3 aromatic rings. The van der Waals surface area contributed by atoms with Gasteiger partial charge in [0.05, 0.1) is 6.26 Å². The molecule has 124 valence electrons. The largest absolute Gasteiger partial charge is 0.584 e. The second-order valence-corrected chi connectivity index (χ2v) is 6.96. The minimum absolute atomic E-state index is 0.301. The fraction of sp³-hybridized carbons (Fsp3) is 0. The monoisotopic (exact) mass is 350 g/mol. The normalized spacial score (nSPS) is 23.2. The summed E-state index contributed by atoms with van der Waals surface area (Å²) in [6, 6.07) is 19.2. The van der Waals surface area contributed by atoms with Gasteiger partial charge in [-0.1, -0.05) is 60.7 Å². The van der Waals surface area contributed by atoms with Gasteiger partial charge in [0, 0.05) is 5.56 Å². The van der Waals surface area contributed by atoms with E-state index in [0.29, 0.717) is 5.75 Å². The number of allylic oxidation sites excluding steroid dienone is 1. The van der Waals surface area contributed by atoms with E-state index in [9.17, 15) is 9.46 Å². The molecule has 0 bridgehead atoms. The van der Waals surface area contributed by atoms with Crippen LogP contribution in [0.4, 0.5) is 0 Å². The smallest absolute Gasteiger partial charge is 0.403 e. The molecule has 1 atom stereocenters. The van der Waals surface area contributed by atoms with Crippen molar-refractivity contribution in [2.75, 3.05) is 0 Å². The topological polar surface area (TPSA) is 55.8 Å². The molecule has 1 aliphatic rings. The molecule has 1 N–H and O–H groups in total. The molecule has 0 saturated carbocycles. The number of phosphoric acid groups is 1. The molecule has 0 aromatic heterocycles. The molecule has 0 amide bonds. The van der Waals surface area contributed by atoms with Crippen molar-refractivity contribution in [1.82, 2.24) is 0 Å². The number of hydrogen-bond acceptors (Lipinski definition) is 3. The summed E-state index contributed by atoms with van der Waals surface area (Å²) < 4.78 is 22.4. The third-order valence-corrected chi connectivity index (χ3v) is 4.80. The van der Waals surface area contributed by atoms with Crippen LogP contribution in [0.2, 0.25) is 0 Å². The van der Waals surface area contributed by atoms with Crippen molar-refractivity contribution < 1.29 is 18.5 Å². The molecule has 0 spiro atoms. The number of benzene rings is 3. The molecule has 1 heterocycles. The van der Waals surface area contributed by atoms with Gasteiger partial charge in [0.1, 0.15) is 5.75 Å². The van der Waals surface area contributed by atoms with E-state index in [0.717, 1.165) is 26.8 Å². The second kappa shape index (κ2) is 6.25. The fourth-order valence-electron chi connectivity index (χ4n) is 2.85. The minimum Gasteiger partial charge on any atom is -0.403 e. The maximum Gasteiger partial charge on any atom is 0.584 e. The molecule has 0 saturated heterocycles. The van der Waals surface area contributed by atoms with Gasteiger partial charge < -0.3 is 9.05 Å². The number of rotatable bonds is 0. The molecule has 0 fully saturated rings. The maximum atomic E-state index is 12.2. The van der Waals surface area contributed by atoms with E-state index in [1.54, 1.807) is 12.1 Å². The lowest BCUT2D eigenvalue weighted by atomic mass is 10.0. The minimum atomic E-state index is -4.26. The lowest BCUT2D eigenvalue weighted by Crippen LogP contribution is -2.23. The molecule has 1 unspecified atom stereocenters. The number of phosphoric ester groups is 1. The first kappa shape index (κ1) is 15.7. The van der Waals surface area contributed by atoms with Gasteiger partial charge in [-0.15, -0.1) is 0 Å². The molecule has 4 rings (SSSR count). The molecule has 5 heteroatoms. The number of fused-ring (bicyclic) bond motifs is 4. The molecular weight excluding hydrogens is 335 g/mol. The predicted molar refractivity (Wildman–Crippen MR) is 98.4 cm³/mol. The third kappa shape index (κ3) is 3.22. The first-order valence-electron chi connectivity index (χ1n) is 7.79. The van der Waals surface area contributed by atoms with Gasteiger partial charge >= 0.3 is 7.82 Å². The van der Waals surface area contributed by atoms with Crippen LogP contribution in [0, 0.1) is 0 Å². The molecule has 0 radical (unpaired) electrons. The van der Waals surface area contributed by atoms with Gasteiger partial charge in [-0.05, 0) is 39.4 Å². The molecule has 1 aliphatic heterocycles. The molecule has 3 aromatic carbocycles. The average Bonchev–Trinajstić information content (AvgIpc) is 2.63. The van der Waals surface area contributed by atoms with E-state index in [4.69, 9.17) is 9.05 Å². The standard InChI is InChI=1S/C20H15O4P/c21-25(22)23-13-5-9-15-6-1-2-8-17(15)14-19-18-10-4-3-7-16(18)11-12-20(19)24-25/h1-14H,(H,21,22)/b13-5+,15-9-,17-14+. The van der Waals surface area contributed by atoms with Gasteiger partial charge in [0.15, 0.2) is 0 Å².